The van der Waals surface area contributed by atoms with Crippen LogP contribution in [0, 0.1) is 0 Å². The number of hydrogen-bond donors (Lipinski definition) is 1. The largest absolute Gasteiger partial charge is 0.496 e. The predicted octanol–water partition coefficient (Wildman–Crippen LogP) is 1.23. The number of hydrogen-bond acceptors (Lipinski definition) is 3. The second kappa shape index (κ2) is 3.98. The minimum absolute atomic E-state index is 0.649. The number of fused-ring (bicyclic) bond motifs is 1. The normalized spacial score (nSPS) is 14.1. The van der Waals surface area contributed by atoms with Gasteiger partial charge in [-0.3, -0.25) is 0 Å². The van der Waals surface area contributed by atoms with E-state index in [9.17, 15) is 0 Å². The Morgan fingerprint density at radius 3 is 2.71 bits per heavy atom. The SMILES string of the molecule is COc1cc2c(cc1CCN)COC2. The van der Waals surface area contributed by atoms with Crippen molar-refractivity contribution in [2.75, 3.05) is 13.7 Å². The van der Waals surface area contributed by atoms with Crippen molar-refractivity contribution in [1.82, 2.24) is 0 Å². The highest BCUT2D eigenvalue weighted by Crippen LogP contribution is 2.28. The first-order chi connectivity index (χ1) is 6.85. The van der Waals surface area contributed by atoms with Crippen LogP contribution in [-0.4, -0.2) is 13.7 Å². The van der Waals surface area contributed by atoms with E-state index in [-0.39, 0.29) is 0 Å². The molecule has 1 heterocycles. The molecule has 0 aromatic heterocycles. The monoisotopic (exact) mass is 193 g/mol. The van der Waals surface area contributed by atoms with E-state index in [2.05, 4.69) is 12.1 Å². The van der Waals surface area contributed by atoms with Crippen LogP contribution in [0.3, 0.4) is 0 Å². The van der Waals surface area contributed by atoms with Crippen molar-refractivity contribution in [1.29, 1.82) is 0 Å². The number of nitrogens with two attached hydrogens (primary N) is 1. The summed E-state index contributed by atoms with van der Waals surface area (Å²) in [5.41, 5.74) is 9.23. The Morgan fingerprint density at radius 1 is 1.36 bits per heavy atom. The average Bonchev–Trinajstić information content (AvgIpc) is 2.64. The summed E-state index contributed by atoms with van der Waals surface area (Å²) in [4.78, 5) is 0. The minimum Gasteiger partial charge on any atom is -0.496 e. The van der Waals surface area contributed by atoms with Gasteiger partial charge in [-0.25, -0.2) is 0 Å². The molecule has 14 heavy (non-hydrogen) atoms. The molecule has 1 aliphatic rings. The lowest BCUT2D eigenvalue weighted by Crippen LogP contribution is -2.05. The summed E-state index contributed by atoms with van der Waals surface area (Å²) in [5.74, 6) is 0.930. The second-order valence-electron chi connectivity index (χ2n) is 3.46. The van der Waals surface area contributed by atoms with Crippen LogP contribution in [0.15, 0.2) is 12.1 Å². The van der Waals surface area contributed by atoms with E-state index in [0.717, 1.165) is 18.8 Å². The zero-order valence-corrected chi connectivity index (χ0v) is 8.38. The lowest BCUT2D eigenvalue weighted by Gasteiger charge is -2.09. The third-order valence-electron chi connectivity index (χ3n) is 2.53. The van der Waals surface area contributed by atoms with Crippen molar-refractivity contribution in [2.45, 2.75) is 19.6 Å². The zero-order chi connectivity index (χ0) is 9.97. The van der Waals surface area contributed by atoms with Crippen molar-refractivity contribution in [3.63, 3.8) is 0 Å². The van der Waals surface area contributed by atoms with Gasteiger partial charge in [-0.2, -0.15) is 0 Å². The summed E-state index contributed by atoms with van der Waals surface area (Å²) in [6, 6.07) is 4.21. The number of methoxy groups -OCH3 is 1. The van der Waals surface area contributed by atoms with Gasteiger partial charge in [0.25, 0.3) is 0 Å². The zero-order valence-electron chi connectivity index (χ0n) is 8.38. The van der Waals surface area contributed by atoms with Crippen LogP contribution in [0.5, 0.6) is 5.75 Å². The summed E-state index contributed by atoms with van der Waals surface area (Å²) in [6.07, 6.45) is 0.858. The first kappa shape index (κ1) is 9.49. The van der Waals surface area contributed by atoms with Gasteiger partial charge in [0, 0.05) is 0 Å². The number of rotatable bonds is 3. The third-order valence-corrected chi connectivity index (χ3v) is 2.53. The molecule has 76 valence electrons. The Balaban J connectivity index is 2.38. The average molecular weight is 193 g/mol. The van der Waals surface area contributed by atoms with E-state index in [0.29, 0.717) is 13.2 Å². The Labute approximate surface area is 83.8 Å². The molecule has 1 aromatic carbocycles. The molecule has 0 aliphatic carbocycles. The standard InChI is InChI=1S/C11H15NO2/c1-13-11-5-10-7-14-6-9(10)4-8(11)2-3-12/h4-5H,2-3,6-7,12H2,1H3. The highest BCUT2D eigenvalue weighted by atomic mass is 16.5. The molecule has 0 amide bonds. The third kappa shape index (κ3) is 1.61. The van der Waals surface area contributed by atoms with Crippen LogP contribution in [0.25, 0.3) is 0 Å². The molecular weight excluding hydrogens is 178 g/mol. The maximum atomic E-state index is 5.54. The van der Waals surface area contributed by atoms with E-state index >= 15 is 0 Å². The molecule has 0 radical (unpaired) electrons. The summed E-state index contributed by atoms with van der Waals surface area (Å²) >= 11 is 0. The van der Waals surface area contributed by atoms with Gasteiger partial charge in [-0.15, -0.1) is 0 Å². The predicted molar refractivity (Wildman–Crippen MR) is 54.2 cm³/mol. The van der Waals surface area contributed by atoms with Gasteiger partial charge < -0.3 is 15.2 Å². The van der Waals surface area contributed by atoms with E-state index in [1.54, 1.807) is 7.11 Å². The fraction of sp³-hybridized carbons (Fsp3) is 0.455. The van der Waals surface area contributed by atoms with Gasteiger partial charge in [-0.05, 0) is 41.8 Å². The Bertz CT molecular complexity index is 336. The molecule has 1 aromatic rings. The molecule has 2 rings (SSSR count). The maximum Gasteiger partial charge on any atom is 0.122 e. The second-order valence-corrected chi connectivity index (χ2v) is 3.46. The fourth-order valence-electron chi connectivity index (χ4n) is 1.80. The van der Waals surface area contributed by atoms with Crippen molar-refractivity contribution >= 4 is 0 Å². The van der Waals surface area contributed by atoms with E-state index in [1.807, 2.05) is 0 Å². The Morgan fingerprint density at radius 2 is 2.07 bits per heavy atom. The maximum absolute atomic E-state index is 5.54. The molecular formula is C11H15NO2. The Hall–Kier alpha value is -1.06. The fourth-order valence-corrected chi connectivity index (χ4v) is 1.80. The van der Waals surface area contributed by atoms with Crippen LogP contribution < -0.4 is 10.5 Å². The number of benzene rings is 1. The smallest absolute Gasteiger partial charge is 0.122 e. The van der Waals surface area contributed by atoms with Gasteiger partial charge in [0.15, 0.2) is 0 Å². The number of ether oxygens (including phenoxy) is 2. The van der Waals surface area contributed by atoms with Gasteiger partial charge in [-0.1, -0.05) is 0 Å². The van der Waals surface area contributed by atoms with Gasteiger partial charge >= 0.3 is 0 Å². The lowest BCUT2D eigenvalue weighted by molar-refractivity contribution is 0.134. The molecule has 0 saturated carbocycles. The van der Waals surface area contributed by atoms with Gasteiger partial charge in [0.2, 0.25) is 0 Å². The van der Waals surface area contributed by atoms with E-state index in [1.165, 1.54) is 16.7 Å². The molecule has 0 fully saturated rings. The molecule has 0 spiro atoms. The lowest BCUT2D eigenvalue weighted by atomic mass is 10.0. The summed E-state index contributed by atoms with van der Waals surface area (Å²) in [7, 11) is 1.69. The highest BCUT2D eigenvalue weighted by molar-refractivity contribution is 5.43. The van der Waals surface area contributed by atoms with Crippen LogP contribution in [-0.2, 0) is 24.4 Å². The van der Waals surface area contributed by atoms with Crippen molar-refractivity contribution < 1.29 is 9.47 Å². The van der Waals surface area contributed by atoms with Crippen molar-refractivity contribution in [3.8, 4) is 5.75 Å². The van der Waals surface area contributed by atoms with Crippen LogP contribution in [0.4, 0.5) is 0 Å². The molecule has 0 bridgehead atoms. The van der Waals surface area contributed by atoms with Crippen molar-refractivity contribution in [3.05, 3.63) is 28.8 Å². The molecule has 0 atom stereocenters. The highest BCUT2D eigenvalue weighted by Gasteiger charge is 2.14. The van der Waals surface area contributed by atoms with Crippen molar-refractivity contribution in [2.24, 2.45) is 5.73 Å². The minimum atomic E-state index is 0.649. The molecule has 2 N–H and O–H groups in total. The first-order valence-corrected chi connectivity index (χ1v) is 4.81. The molecule has 0 saturated heterocycles. The van der Waals surface area contributed by atoms with E-state index in [4.69, 9.17) is 15.2 Å². The Kier molecular flexibility index (Phi) is 2.70. The molecule has 3 heteroatoms. The van der Waals surface area contributed by atoms with Gasteiger partial charge in [0.05, 0.1) is 20.3 Å². The van der Waals surface area contributed by atoms with Gasteiger partial charge in [0.1, 0.15) is 5.75 Å². The van der Waals surface area contributed by atoms with Crippen LogP contribution in [0.2, 0.25) is 0 Å². The van der Waals surface area contributed by atoms with Crippen LogP contribution in [0.1, 0.15) is 16.7 Å². The van der Waals surface area contributed by atoms with E-state index < -0.39 is 0 Å². The summed E-state index contributed by atoms with van der Waals surface area (Å²) in [5, 5.41) is 0. The molecule has 1 aliphatic heterocycles. The topological polar surface area (TPSA) is 44.5 Å². The summed E-state index contributed by atoms with van der Waals surface area (Å²) in [6.45, 7) is 2.07. The quantitative estimate of drug-likeness (QED) is 0.785. The molecule has 3 nitrogen and oxygen atoms in total. The molecule has 0 unspecified atom stereocenters. The summed E-state index contributed by atoms with van der Waals surface area (Å²) < 4.78 is 10.7. The first-order valence-electron chi connectivity index (χ1n) is 4.81. The van der Waals surface area contributed by atoms with Crippen LogP contribution >= 0.6 is 0 Å².